The van der Waals surface area contributed by atoms with Crippen molar-refractivity contribution in [1.82, 2.24) is 4.90 Å². The smallest absolute Gasteiger partial charge is 0.310 e. The minimum absolute atomic E-state index is 0.159. The Hall–Kier alpha value is -2.42. The SMILES string of the molecule is C=CCN(C(=O)C1N([C@@H](CO)C(C)C)C(=O)[C@@H]2[C@H](C(=O)O)[C@@H]3CCC12O3)c1ccc(Cl)cc1. The molecule has 2 unspecified atom stereocenters. The van der Waals surface area contributed by atoms with Gasteiger partial charge in [-0.2, -0.15) is 0 Å². The van der Waals surface area contributed by atoms with Gasteiger partial charge in [-0.15, -0.1) is 6.58 Å². The molecule has 0 aliphatic carbocycles. The van der Waals surface area contributed by atoms with E-state index in [1.165, 1.54) is 9.80 Å². The number of aliphatic hydroxyl groups excluding tert-OH is 1. The number of carboxylic acids is 1. The molecule has 2 N–H and O–H groups in total. The first kappa shape index (κ1) is 23.7. The highest BCUT2D eigenvalue weighted by Crippen LogP contribution is 2.59. The number of anilines is 1. The number of carbonyl (C=O) groups is 3. The number of benzene rings is 1. The number of aliphatic carboxylic acids is 1. The van der Waals surface area contributed by atoms with Gasteiger partial charge in [0.05, 0.1) is 30.6 Å². The Morgan fingerprint density at radius 2 is 2.03 bits per heavy atom. The van der Waals surface area contributed by atoms with E-state index in [0.717, 1.165) is 0 Å². The molecule has 3 aliphatic rings. The zero-order valence-corrected chi connectivity index (χ0v) is 19.4. The van der Waals surface area contributed by atoms with E-state index in [1.54, 1.807) is 30.3 Å². The van der Waals surface area contributed by atoms with Crippen molar-refractivity contribution < 1.29 is 29.3 Å². The third-order valence-corrected chi connectivity index (χ3v) is 7.54. The first-order valence-electron chi connectivity index (χ1n) is 11.2. The van der Waals surface area contributed by atoms with Gasteiger partial charge in [0.25, 0.3) is 5.91 Å². The molecule has 1 aromatic rings. The lowest BCUT2D eigenvalue weighted by atomic mass is 9.70. The predicted octanol–water partition coefficient (Wildman–Crippen LogP) is 2.34. The molecule has 3 fully saturated rings. The summed E-state index contributed by atoms with van der Waals surface area (Å²) in [5, 5.41) is 20.6. The summed E-state index contributed by atoms with van der Waals surface area (Å²) in [6, 6.07) is 5.04. The van der Waals surface area contributed by atoms with Crippen molar-refractivity contribution in [3.63, 3.8) is 0 Å². The molecular weight excluding hydrogens is 448 g/mol. The van der Waals surface area contributed by atoms with Crippen molar-refractivity contribution in [1.29, 1.82) is 0 Å². The molecule has 3 aliphatic heterocycles. The van der Waals surface area contributed by atoms with Gasteiger partial charge in [0.1, 0.15) is 11.6 Å². The Labute approximate surface area is 197 Å². The highest BCUT2D eigenvalue weighted by molar-refractivity contribution is 6.30. The molecule has 178 valence electrons. The first-order valence-corrected chi connectivity index (χ1v) is 11.6. The standard InChI is InChI=1S/C24H29ClN2O6/c1-4-11-26(15-7-5-14(25)6-8-15)22(30)20-24-10-9-17(33-24)18(23(31)32)19(24)21(29)27(20)16(12-28)13(2)3/h4-8,13,16-20,28H,1,9-12H2,2-3H3,(H,31,32)/t16-,17-,18+,19-,20?,24?/m0/s1. The third kappa shape index (κ3) is 3.55. The van der Waals surface area contributed by atoms with Gasteiger partial charge in [-0.05, 0) is 43.0 Å². The lowest BCUT2D eigenvalue weighted by molar-refractivity contribution is -0.151. The topological polar surface area (TPSA) is 107 Å². The number of hydrogen-bond acceptors (Lipinski definition) is 5. The minimum atomic E-state index is -1.24. The highest BCUT2D eigenvalue weighted by atomic mass is 35.5. The predicted molar refractivity (Wildman–Crippen MR) is 122 cm³/mol. The normalized spacial score (nSPS) is 31.1. The quantitative estimate of drug-likeness (QED) is 0.558. The molecular formula is C24H29ClN2O6. The fourth-order valence-corrected chi connectivity index (χ4v) is 5.98. The fourth-order valence-electron chi connectivity index (χ4n) is 5.85. The van der Waals surface area contributed by atoms with Gasteiger partial charge in [-0.25, -0.2) is 0 Å². The van der Waals surface area contributed by atoms with Crippen LogP contribution < -0.4 is 4.90 Å². The molecule has 1 aromatic carbocycles. The van der Waals surface area contributed by atoms with Crippen molar-refractivity contribution in [2.24, 2.45) is 17.8 Å². The maximum Gasteiger partial charge on any atom is 0.310 e. The van der Waals surface area contributed by atoms with Gasteiger partial charge in [-0.3, -0.25) is 14.4 Å². The van der Waals surface area contributed by atoms with Crippen LogP contribution in [0.3, 0.4) is 0 Å². The van der Waals surface area contributed by atoms with Gasteiger partial charge < -0.3 is 24.7 Å². The van der Waals surface area contributed by atoms with Gasteiger partial charge in [0.15, 0.2) is 0 Å². The van der Waals surface area contributed by atoms with Gasteiger partial charge in [0.2, 0.25) is 5.91 Å². The number of carbonyl (C=O) groups excluding carboxylic acids is 2. The first-order chi connectivity index (χ1) is 15.7. The summed E-state index contributed by atoms with van der Waals surface area (Å²) in [7, 11) is 0. The number of amides is 2. The van der Waals surface area contributed by atoms with E-state index in [0.29, 0.717) is 23.6 Å². The summed E-state index contributed by atoms with van der Waals surface area (Å²) in [5.74, 6) is -4.07. The summed E-state index contributed by atoms with van der Waals surface area (Å²) >= 11 is 6.03. The number of nitrogens with zero attached hydrogens (tertiary/aromatic N) is 2. The second-order valence-electron chi connectivity index (χ2n) is 9.35. The number of hydrogen-bond donors (Lipinski definition) is 2. The van der Waals surface area contributed by atoms with Crippen LogP contribution in [0.5, 0.6) is 0 Å². The summed E-state index contributed by atoms with van der Waals surface area (Å²) in [5.41, 5.74) is -0.667. The van der Waals surface area contributed by atoms with Crippen LogP contribution in [0, 0.1) is 17.8 Å². The van der Waals surface area contributed by atoms with Crippen LogP contribution in [0.1, 0.15) is 26.7 Å². The third-order valence-electron chi connectivity index (χ3n) is 7.29. The van der Waals surface area contributed by atoms with E-state index in [9.17, 15) is 24.6 Å². The number of ether oxygens (including phenoxy) is 1. The van der Waals surface area contributed by atoms with Crippen molar-refractivity contribution in [3.05, 3.63) is 41.9 Å². The maximum atomic E-state index is 14.2. The lowest BCUT2D eigenvalue weighted by Gasteiger charge is -2.40. The van der Waals surface area contributed by atoms with Crippen molar-refractivity contribution >= 4 is 35.1 Å². The van der Waals surface area contributed by atoms with Crippen LogP contribution in [-0.2, 0) is 19.1 Å². The number of carboxylic acid groups (broad SMARTS) is 1. The number of likely N-dealkylation sites (tertiary alicyclic amines) is 1. The minimum Gasteiger partial charge on any atom is -0.481 e. The average Bonchev–Trinajstić information content (AvgIpc) is 3.41. The summed E-state index contributed by atoms with van der Waals surface area (Å²) in [6.07, 6.45) is 1.85. The maximum absolute atomic E-state index is 14.2. The molecule has 0 radical (unpaired) electrons. The fraction of sp³-hybridized carbons (Fsp3) is 0.542. The molecule has 8 nitrogen and oxygen atoms in total. The van der Waals surface area contributed by atoms with Crippen LogP contribution in [0.2, 0.25) is 5.02 Å². The van der Waals surface area contributed by atoms with Gasteiger partial charge >= 0.3 is 5.97 Å². The van der Waals surface area contributed by atoms with Gasteiger partial charge in [-0.1, -0.05) is 31.5 Å². The van der Waals surface area contributed by atoms with E-state index >= 15 is 0 Å². The Morgan fingerprint density at radius 3 is 2.58 bits per heavy atom. The van der Waals surface area contributed by atoms with Crippen molar-refractivity contribution in [3.8, 4) is 0 Å². The largest absolute Gasteiger partial charge is 0.481 e. The van der Waals surface area contributed by atoms with Crippen LogP contribution in [0.4, 0.5) is 5.69 Å². The molecule has 2 amide bonds. The Kier molecular flexibility index (Phi) is 6.28. The summed E-state index contributed by atoms with van der Waals surface area (Å²) in [4.78, 5) is 42.9. The Bertz CT molecular complexity index is 966. The molecule has 2 bridgehead atoms. The average molecular weight is 477 g/mol. The monoisotopic (exact) mass is 476 g/mol. The van der Waals surface area contributed by atoms with Crippen LogP contribution in [0.25, 0.3) is 0 Å². The number of halogens is 1. The number of aliphatic hydroxyl groups is 1. The van der Waals surface area contributed by atoms with E-state index in [2.05, 4.69) is 6.58 Å². The van der Waals surface area contributed by atoms with Crippen LogP contribution in [-0.4, -0.2) is 69.8 Å². The second kappa shape index (κ2) is 8.74. The Balaban J connectivity index is 1.84. The van der Waals surface area contributed by atoms with E-state index in [1.807, 2.05) is 13.8 Å². The molecule has 4 rings (SSSR count). The zero-order valence-electron chi connectivity index (χ0n) is 18.7. The molecule has 3 heterocycles. The van der Waals surface area contributed by atoms with Crippen LogP contribution >= 0.6 is 11.6 Å². The molecule has 3 saturated heterocycles. The molecule has 1 spiro atoms. The molecule has 33 heavy (non-hydrogen) atoms. The van der Waals surface area contributed by atoms with E-state index in [-0.39, 0.29) is 25.0 Å². The molecule has 6 atom stereocenters. The van der Waals surface area contributed by atoms with E-state index in [4.69, 9.17) is 16.3 Å². The van der Waals surface area contributed by atoms with Crippen molar-refractivity contribution in [2.75, 3.05) is 18.1 Å². The number of rotatable bonds is 8. The zero-order chi connectivity index (χ0) is 24.1. The highest BCUT2D eigenvalue weighted by Gasteiger charge is 2.75. The molecule has 0 saturated carbocycles. The Morgan fingerprint density at radius 1 is 1.36 bits per heavy atom. The van der Waals surface area contributed by atoms with Crippen molar-refractivity contribution in [2.45, 2.75) is 50.5 Å². The lowest BCUT2D eigenvalue weighted by Crippen LogP contribution is -2.59. The number of fused-ring (bicyclic) bond motifs is 1. The molecule has 9 heteroatoms. The van der Waals surface area contributed by atoms with Gasteiger partial charge in [0, 0.05) is 17.3 Å². The second-order valence-corrected chi connectivity index (χ2v) is 9.78. The summed E-state index contributed by atoms with van der Waals surface area (Å²) in [6.45, 7) is 7.31. The summed E-state index contributed by atoms with van der Waals surface area (Å²) < 4.78 is 6.23. The van der Waals surface area contributed by atoms with E-state index < -0.39 is 47.5 Å². The molecule has 0 aromatic heterocycles. The van der Waals surface area contributed by atoms with Crippen LogP contribution in [0.15, 0.2) is 36.9 Å².